The van der Waals surface area contributed by atoms with Crippen molar-refractivity contribution in [3.05, 3.63) is 59.5 Å². The number of phenols is 1. The summed E-state index contributed by atoms with van der Waals surface area (Å²) in [6.07, 6.45) is 2.98. The number of piperazine rings is 1. The highest BCUT2D eigenvalue weighted by Gasteiger charge is 2.24. The standard InChI is InChI=1S/C25H24ClFN4O2/c26-21-12-16(3-4-22(21)31-9-1-2-24(31)32)19-14-18(27)15-20(25(19)33)17-5-6-29-23(13-17)30-10-7-28-8-11-30/h3-6,12-15,28,33H,1-2,7-11H2. The minimum absolute atomic E-state index is 0.0325. The number of nitrogens with zero attached hydrogens (tertiary/aromatic N) is 3. The van der Waals surface area contributed by atoms with Crippen LogP contribution in [-0.4, -0.2) is 48.7 Å². The van der Waals surface area contributed by atoms with Gasteiger partial charge in [0.1, 0.15) is 17.4 Å². The fourth-order valence-electron chi connectivity index (χ4n) is 4.49. The van der Waals surface area contributed by atoms with Gasteiger partial charge in [-0.1, -0.05) is 17.7 Å². The highest BCUT2D eigenvalue weighted by atomic mass is 35.5. The molecular weight excluding hydrogens is 443 g/mol. The third kappa shape index (κ3) is 4.26. The summed E-state index contributed by atoms with van der Waals surface area (Å²) in [4.78, 5) is 20.4. The second-order valence-electron chi connectivity index (χ2n) is 8.30. The smallest absolute Gasteiger partial charge is 0.227 e. The summed E-state index contributed by atoms with van der Waals surface area (Å²) in [6, 6.07) is 11.4. The van der Waals surface area contributed by atoms with Gasteiger partial charge in [-0.2, -0.15) is 0 Å². The highest BCUT2D eigenvalue weighted by molar-refractivity contribution is 6.34. The molecule has 8 heteroatoms. The number of amides is 1. The lowest BCUT2D eigenvalue weighted by Gasteiger charge is -2.28. The second kappa shape index (κ2) is 9.00. The Hall–Kier alpha value is -3.16. The number of phenolic OH excluding ortho intramolecular Hbond substituents is 1. The third-order valence-electron chi connectivity index (χ3n) is 6.20. The Bertz CT molecular complexity index is 1210. The van der Waals surface area contributed by atoms with E-state index in [2.05, 4.69) is 15.2 Å². The minimum Gasteiger partial charge on any atom is -0.507 e. The van der Waals surface area contributed by atoms with Gasteiger partial charge in [-0.05, 0) is 53.9 Å². The molecule has 2 aliphatic heterocycles. The predicted octanol–water partition coefficient (Wildman–Crippen LogP) is 4.45. The Balaban J connectivity index is 1.52. The Morgan fingerprint density at radius 2 is 1.73 bits per heavy atom. The number of pyridine rings is 1. The number of nitrogens with one attached hydrogen (secondary N) is 1. The number of benzene rings is 2. The number of carbonyl (C=O) groups excluding carboxylic acids is 1. The molecule has 3 aromatic rings. The van der Waals surface area contributed by atoms with Crippen molar-refractivity contribution in [1.82, 2.24) is 10.3 Å². The van der Waals surface area contributed by atoms with Crippen molar-refractivity contribution in [1.29, 1.82) is 0 Å². The molecule has 33 heavy (non-hydrogen) atoms. The molecule has 3 heterocycles. The summed E-state index contributed by atoms with van der Waals surface area (Å²) in [6.45, 7) is 4.05. The molecule has 6 nitrogen and oxygen atoms in total. The fraction of sp³-hybridized carbons (Fsp3) is 0.280. The second-order valence-corrected chi connectivity index (χ2v) is 8.71. The molecule has 5 rings (SSSR count). The molecule has 0 bridgehead atoms. The number of aromatic nitrogens is 1. The summed E-state index contributed by atoms with van der Waals surface area (Å²) in [5.74, 6) is 0.337. The maximum Gasteiger partial charge on any atom is 0.227 e. The van der Waals surface area contributed by atoms with Crippen LogP contribution in [0.2, 0.25) is 5.02 Å². The predicted molar refractivity (Wildman–Crippen MR) is 128 cm³/mol. The number of halogens is 2. The van der Waals surface area contributed by atoms with Crippen LogP contribution in [0.5, 0.6) is 5.75 Å². The van der Waals surface area contributed by atoms with Crippen LogP contribution < -0.4 is 15.1 Å². The zero-order chi connectivity index (χ0) is 22.9. The normalized spacial score (nSPS) is 16.5. The van der Waals surface area contributed by atoms with Crippen LogP contribution in [0.1, 0.15) is 12.8 Å². The SMILES string of the molecule is O=C1CCCN1c1ccc(-c2cc(F)cc(-c3ccnc(N4CCNCC4)c3)c2O)cc1Cl. The first-order valence-corrected chi connectivity index (χ1v) is 11.4. The van der Waals surface area contributed by atoms with Gasteiger partial charge >= 0.3 is 0 Å². The van der Waals surface area contributed by atoms with Gasteiger partial charge in [0.2, 0.25) is 5.91 Å². The molecule has 2 saturated heterocycles. The van der Waals surface area contributed by atoms with Gasteiger partial charge in [-0.3, -0.25) is 4.79 Å². The Morgan fingerprint density at radius 1 is 1.00 bits per heavy atom. The van der Waals surface area contributed by atoms with E-state index in [-0.39, 0.29) is 11.7 Å². The first-order chi connectivity index (χ1) is 16.0. The monoisotopic (exact) mass is 466 g/mol. The number of rotatable bonds is 4. The molecular formula is C25H24ClFN4O2. The van der Waals surface area contributed by atoms with E-state index in [1.807, 2.05) is 6.07 Å². The van der Waals surface area contributed by atoms with E-state index in [1.54, 1.807) is 35.4 Å². The number of carbonyl (C=O) groups is 1. The molecule has 2 aromatic carbocycles. The van der Waals surface area contributed by atoms with Crippen LogP contribution >= 0.6 is 11.6 Å². The molecule has 2 fully saturated rings. The zero-order valence-corrected chi connectivity index (χ0v) is 18.8. The third-order valence-corrected chi connectivity index (χ3v) is 6.50. The van der Waals surface area contributed by atoms with Gasteiger partial charge in [0.05, 0.1) is 10.7 Å². The molecule has 1 aromatic heterocycles. The molecule has 0 radical (unpaired) electrons. The molecule has 0 aliphatic carbocycles. The summed E-state index contributed by atoms with van der Waals surface area (Å²) in [7, 11) is 0. The minimum atomic E-state index is -0.465. The van der Waals surface area contributed by atoms with Crippen molar-refractivity contribution in [2.45, 2.75) is 12.8 Å². The lowest BCUT2D eigenvalue weighted by atomic mass is 9.97. The van der Waals surface area contributed by atoms with Crippen LogP contribution in [0.25, 0.3) is 22.3 Å². The average molecular weight is 467 g/mol. The Labute approximate surface area is 196 Å². The molecule has 2 aliphatic rings. The van der Waals surface area contributed by atoms with Crippen molar-refractivity contribution >= 4 is 29.0 Å². The van der Waals surface area contributed by atoms with Crippen LogP contribution in [0.3, 0.4) is 0 Å². The molecule has 0 saturated carbocycles. The van der Waals surface area contributed by atoms with Crippen LogP contribution in [0, 0.1) is 5.82 Å². The number of hydrogen-bond donors (Lipinski definition) is 2. The maximum absolute atomic E-state index is 14.7. The summed E-state index contributed by atoms with van der Waals surface area (Å²) < 4.78 is 14.7. The zero-order valence-electron chi connectivity index (χ0n) is 18.0. The first-order valence-electron chi connectivity index (χ1n) is 11.1. The van der Waals surface area contributed by atoms with Crippen LogP contribution in [0.4, 0.5) is 15.9 Å². The van der Waals surface area contributed by atoms with Crippen LogP contribution in [-0.2, 0) is 4.79 Å². The van der Waals surface area contributed by atoms with Gasteiger partial charge in [-0.25, -0.2) is 9.37 Å². The lowest BCUT2D eigenvalue weighted by molar-refractivity contribution is -0.117. The van der Waals surface area contributed by atoms with Crippen molar-refractivity contribution < 1.29 is 14.3 Å². The van der Waals surface area contributed by atoms with Gasteiger partial charge in [0.25, 0.3) is 0 Å². The highest BCUT2D eigenvalue weighted by Crippen LogP contribution is 2.41. The van der Waals surface area contributed by atoms with Gasteiger partial charge in [0.15, 0.2) is 0 Å². The molecule has 2 N–H and O–H groups in total. The van der Waals surface area contributed by atoms with E-state index in [0.29, 0.717) is 45.9 Å². The van der Waals surface area contributed by atoms with E-state index in [9.17, 15) is 14.3 Å². The van der Waals surface area contributed by atoms with E-state index in [1.165, 1.54) is 12.1 Å². The largest absolute Gasteiger partial charge is 0.507 e. The Morgan fingerprint density at radius 3 is 2.39 bits per heavy atom. The molecule has 1 amide bonds. The van der Waals surface area contributed by atoms with E-state index >= 15 is 0 Å². The van der Waals surface area contributed by atoms with Crippen molar-refractivity contribution in [3.8, 4) is 28.0 Å². The molecule has 0 atom stereocenters. The summed E-state index contributed by atoms with van der Waals surface area (Å²) >= 11 is 6.49. The lowest BCUT2D eigenvalue weighted by Crippen LogP contribution is -2.43. The van der Waals surface area contributed by atoms with Crippen LogP contribution in [0.15, 0.2) is 48.7 Å². The maximum atomic E-state index is 14.7. The van der Waals surface area contributed by atoms with Crippen molar-refractivity contribution in [3.63, 3.8) is 0 Å². The first kappa shape index (κ1) is 21.7. The average Bonchev–Trinajstić information content (AvgIpc) is 3.26. The Kier molecular flexibility index (Phi) is 5.91. The summed E-state index contributed by atoms with van der Waals surface area (Å²) in [5.41, 5.74) is 2.62. The fourth-order valence-corrected chi connectivity index (χ4v) is 4.77. The van der Waals surface area contributed by atoms with Crippen molar-refractivity contribution in [2.24, 2.45) is 0 Å². The van der Waals surface area contributed by atoms with E-state index in [4.69, 9.17) is 11.6 Å². The number of aromatic hydroxyl groups is 1. The van der Waals surface area contributed by atoms with E-state index < -0.39 is 5.82 Å². The van der Waals surface area contributed by atoms with Gasteiger partial charge < -0.3 is 20.2 Å². The van der Waals surface area contributed by atoms with Crippen molar-refractivity contribution in [2.75, 3.05) is 42.5 Å². The van der Waals surface area contributed by atoms with Gasteiger partial charge in [0, 0.05) is 56.5 Å². The quantitative estimate of drug-likeness (QED) is 0.594. The van der Waals surface area contributed by atoms with E-state index in [0.717, 1.165) is 38.4 Å². The topological polar surface area (TPSA) is 68.7 Å². The molecule has 0 unspecified atom stereocenters. The van der Waals surface area contributed by atoms with Gasteiger partial charge in [-0.15, -0.1) is 0 Å². The number of anilines is 2. The summed E-state index contributed by atoms with van der Waals surface area (Å²) in [5, 5.41) is 14.8. The number of hydrogen-bond acceptors (Lipinski definition) is 5. The molecule has 0 spiro atoms. The molecule has 170 valence electrons.